The molecule has 0 unspecified atom stereocenters. The van der Waals surface area contributed by atoms with Gasteiger partial charge in [0.1, 0.15) is 11.3 Å². The molecule has 11 heavy (non-hydrogen) atoms. The van der Waals surface area contributed by atoms with Gasteiger partial charge in [0.25, 0.3) is 0 Å². The summed E-state index contributed by atoms with van der Waals surface area (Å²) < 4.78 is 4.89. The largest absolute Gasteiger partial charge is 0.363 e. The highest BCUT2D eigenvalue weighted by molar-refractivity contribution is 7.98. The lowest BCUT2D eigenvalue weighted by atomic mass is 9.90. The second-order valence-corrected chi connectivity index (χ2v) is 4.28. The van der Waals surface area contributed by atoms with E-state index in [2.05, 4.69) is 25.9 Å². The van der Waals surface area contributed by atoms with Gasteiger partial charge in [0, 0.05) is 5.56 Å². The summed E-state index contributed by atoms with van der Waals surface area (Å²) in [5.41, 5.74) is 1.32. The molecule has 0 saturated heterocycles. The van der Waals surface area contributed by atoms with Crippen molar-refractivity contribution >= 4 is 11.8 Å². The Morgan fingerprint density at radius 2 is 2.09 bits per heavy atom. The Labute approximate surface area is 71.3 Å². The molecule has 0 fully saturated rings. The maximum Gasteiger partial charge on any atom is 0.143 e. The molecule has 0 amide bonds. The fraction of sp³-hybridized carbons (Fsp3) is 0.625. The molecule has 0 radical (unpaired) electrons. The predicted molar refractivity (Wildman–Crippen MR) is 47.0 cm³/mol. The van der Waals surface area contributed by atoms with Crippen molar-refractivity contribution < 1.29 is 4.52 Å². The van der Waals surface area contributed by atoms with Crippen LogP contribution < -0.4 is 0 Å². The van der Waals surface area contributed by atoms with Gasteiger partial charge in [0.15, 0.2) is 0 Å². The summed E-state index contributed by atoms with van der Waals surface area (Å²) in [4.78, 5) is 0. The van der Waals surface area contributed by atoms with Crippen molar-refractivity contribution in [3.8, 4) is 0 Å². The normalized spacial score (nSPS) is 12.0. The molecule has 0 spiro atoms. The molecule has 0 atom stereocenters. The molecule has 62 valence electrons. The van der Waals surface area contributed by atoms with E-state index in [0.29, 0.717) is 0 Å². The lowest BCUT2D eigenvalue weighted by molar-refractivity contribution is 0.403. The molecule has 1 aromatic heterocycles. The molecular weight excluding hydrogens is 158 g/mol. The highest BCUT2D eigenvalue weighted by Gasteiger charge is 2.20. The van der Waals surface area contributed by atoms with Gasteiger partial charge in [-0.15, -0.1) is 11.8 Å². The highest BCUT2D eigenvalue weighted by atomic mass is 32.2. The van der Waals surface area contributed by atoms with Crippen molar-refractivity contribution in [3.63, 3.8) is 0 Å². The van der Waals surface area contributed by atoms with Crippen molar-refractivity contribution in [2.45, 2.75) is 31.2 Å². The number of hydrogen-bond donors (Lipinski definition) is 0. The molecular formula is C8H13NOS. The minimum atomic E-state index is 0.137. The maximum atomic E-state index is 4.89. The van der Waals surface area contributed by atoms with E-state index in [1.807, 2.05) is 6.26 Å². The Balaban J connectivity index is 3.02. The monoisotopic (exact) mass is 171 g/mol. The first kappa shape index (κ1) is 8.65. The first-order valence-electron chi connectivity index (χ1n) is 3.54. The third kappa shape index (κ3) is 1.77. The fourth-order valence-electron chi connectivity index (χ4n) is 0.871. The molecule has 0 aliphatic carbocycles. The molecule has 1 aromatic rings. The van der Waals surface area contributed by atoms with Crippen LogP contribution in [-0.2, 0) is 5.41 Å². The van der Waals surface area contributed by atoms with Gasteiger partial charge in [0.2, 0.25) is 0 Å². The second kappa shape index (κ2) is 2.89. The molecule has 0 bridgehead atoms. The second-order valence-electron chi connectivity index (χ2n) is 3.49. The summed E-state index contributed by atoms with van der Waals surface area (Å²) in [7, 11) is 0. The van der Waals surface area contributed by atoms with E-state index in [0.717, 1.165) is 5.03 Å². The van der Waals surface area contributed by atoms with E-state index < -0.39 is 0 Å². The van der Waals surface area contributed by atoms with Crippen LogP contribution in [0.2, 0.25) is 0 Å². The number of rotatable bonds is 1. The Hall–Kier alpha value is -0.440. The zero-order valence-electron chi connectivity index (χ0n) is 7.34. The molecule has 0 aliphatic heterocycles. The zero-order valence-corrected chi connectivity index (χ0v) is 8.16. The van der Waals surface area contributed by atoms with Crippen molar-refractivity contribution in [2.75, 3.05) is 6.26 Å². The molecule has 0 saturated carbocycles. The molecule has 1 rings (SSSR count). The van der Waals surface area contributed by atoms with Crippen LogP contribution in [0.3, 0.4) is 0 Å². The predicted octanol–water partition coefficient (Wildman–Crippen LogP) is 2.69. The van der Waals surface area contributed by atoms with E-state index in [9.17, 15) is 0 Å². The van der Waals surface area contributed by atoms with Crippen LogP contribution in [0.4, 0.5) is 0 Å². The number of aromatic nitrogens is 1. The van der Waals surface area contributed by atoms with Crippen LogP contribution in [0, 0.1) is 0 Å². The van der Waals surface area contributed by atoms with Gasteiger partial charge >= 0.3 is 0 Å². The lowest BCUT2D eigenvalue weighted by Crippen LogP contribution is -2.10. The number of hydrogen-bond acceptors (Lipinski definition) is 3. The van der Waals surface area contributed by atoms with Crippen molar-refractivity contribution in [3.05, 3.63) is 11.8 Å². The molecule has 0 aromatic carbocycles. The van der Waals surface area contributed by atoms with Crippen LogP contribution in [0.15, 0.2) is 15.8 Å². The first-order valence-corrected chi connectivity index (χ1v) is 4.77. The fourth-order valence-corrected chi connectivity index (χ4v) is 1.56. The standard InChI is InChI=1S/C8H13NOS/c1-8(2,3)6-5-10-9-7(6)11-4/h5H,1-4H3. The van der Waals surface area contributed by atoms with E-state index >= 15 is 0 Å². The SMILES string of the molecule is CSc1nocc1C(C)(C)C. The van der Waals surface area contributed by atoms with E-state index in [4.69, 9.17) is 4.52 Å². The van der Waals surface area contributed by atoms with Crippen molar-refractivity contribution in [1.82, 2.24) is 5.16 Å². The van der Waals surface area contributed by atoms with Gasteiger partial charge in [-0.05, 0) is 11.7 Å². The Morgan fingerprint density at radius 1 is 1.45 bits per heavy atom. The summed E-state index contributed by atoms with van der Waals surface area (Å²) in [6.45, 7) is 6.46. The summed E-state index contributed by atoms with van der Waals surface area (Å²) in [5, 5.41) is 4.89. The zero-order chi connectivity index (χ0) is 8.48. The number of nitrogens with zero attached hydrogens (tertiary/aromatic N) is 1. The third-order valence-corrected chi connectivity index (χ3v) is 2.22. The first-order chi connectivity index (χ1) is 5.05. The summed E-state index contributed by atoms with van der Waals surface area (Å²) in [6, 6.07) is 0. The average Bonchev–Trinajstić information content (AvgIpc) is 2.31. The van der Waals surface area contributed by atoms with Crippen molar-refractivity contribution in [1.29, 1.82) is 0 Å². The molecule has 0 N–H and O–H groups in total. The van der Waals surface area contributed by atoms with E-state index in [1.165, 1.54) is 5.56 Å². The average molecular weight is 171 g/mol. The molecule has 3 heteroatoms. The van der Waals surface area contributed by atoms with Crippen LogP contribution in [-0.4, -0.2) is 11.4 Å². The van der Waals surface area contributed by atoms with Gasteiger partial charge in [0.05, 0.1) is 0 Å². The van der Waals surface area contributed by atoms with Gasteiger partial charge in [-0.25, -0.2) is 0 Å². The van der Waals surface area contributed by atoms with Crippen molar-refractivity contribution in [2.24, 2.45) is 0 Å². The number of thioether (sulfide) groups is 1. The summed E-state index contributed by atoms with van der Waals surface area (Å²) in [5.74, 6) is 0. The summed E-state index contributed by atoms with van der Waals surface area (Å²) >= 11 is 1.62. The molecule has 0 aliphatic rings. The molecule has 1 heterocycles. The van der Waals surface area contributed by atoms with Gasteiger partial charge in [-0.3, -0.25) is 0 Å². The van der Waals surface area contributed by atoms with Gasteiger partial charge < -0.3 is 4.52 Å². The summed E-state index contributed by atoms with van der Waals surface area (Å²) in [6.07, 6.45) is 3.74. The maximum absolute atomic E-state index is 4.89. The quantitative estimate of drug-likeness (QED) is 0.608. The highest BCUT2D eigenvalue weighted by Crippen LogP contribution is 2.29. The van der Waals surface area contributed by atoms with Crippen LogP contribution in [0.1, 0.15) is 26.3 Å². The van der Waals surface area contributed by atoms with Crippen LogP contribution in [0.25, 0.3) is 0 Å². The third-order valence-electron chi connectivity index (χ3n) is 1.54. The Morgan fingerprint density at radius 3 is 2.45 bits per heavy atom. The lowest BCUT2D eigenvalue weighted by Gasteiger charge is -2.15. The van der Waals surface area contributed by atoms with Crippen LogP contribution >= 0.6 is 11.8 Å². The smallest absolute Gasteiger partial charge is 0.143 e. The minimum absolute atomic E-state index is 0.137. The van der Waals surface area contributed by atoms with E-state index in [-0.39, 0.29) is 5.41 Å². The van der Waals surface area contributed by atoms with Gasteiger partial charge in [-0.2, -0.15) is 0 Å². The minimum Gasteiger partial charge on any atom is -0.363 e. The van der Waals surface area contributed by atoms with E-state index in [1.54, 1.807) is 18.0 Å². The topological polar surface area (TPSA) is 26.0 Å². The van der Waals surface area contributed by atoms with Gasteiger partial charge in [-0.1, -0.05) is 25.9 Å². The Bertz CT molecular complexity index is 236. The van der Waals surface area contributed by atoms with Crippen LogP contribution in [0.5, 0.6) is 0 Å². The Kier molecular flexibility index (Phi) is 2.28. The molecule has 2 nitrogen and oxygen atoms in total.